The SMILES string of the molecule is C/C=C(/C)C(=O)O[C@H]1[C@H](OC(=O)C(C)C)[C@@]2(CO)C(CC1(C)C)C1=CCC3[C@@]4(C)CC[C@H](C)C(C)(C)C4CC[C@@]3(C)[C@]1(C)[C@@H](O)[C@H]2O. The van der Waals surface area contributed by atoms with Gasteiger partial charge in [0.15, 0.2) is 6.10 Å². The molecule has 5 aliphatic carbocycles. The second kappa shape index (κ2) is 11.7. The van der Waals surface area contributed by atoms with Crippen LogP contribution in [-0.4, -0.2) is 58.3 Å². The molecule has 5 rings (SSSR count). The van der Waals surface area contributed by atoms with E-state index in [1.165, 1.54) is 6.42 Å². The normalized spacial score (nSPS) is 47.1. The van der Waals surface area contributed by atoms with Crippen molar-refractivity contribution in [2.75, 3.05) is 6.61 Å². The van der Waals surface area contributed by atoms with Crippen molar-refractivity contribution in [2.24, 2.45) is 62.1 Å². The summed E-state index contributed by atoms with van der Waals surface area (Å²) in [5.74, 6) is -0.367. The van der Waals surface area contributed by atoms with Crippen LogP contribution >= 0.6 is 0 Å². The van der Waals surface area contributed by atoms with Crippen LogP contribution in [0.1, 0.15) is 122 Å². The van der Waals surface area contributed by atoms with Gasteiger partial charge in [-0.05, 0) is 92.3 Å². The molecule has 3 N–H and O–H groups in total. The molecule has 4 fully saturated rings. The number of aliphatic hydroxyl groups is 3. The van der Waals surface area contributed by atoms with Gasteiger partial charge < -0.3 is 24.8 Å². The molecule has 12 atom stereocenters. The number of carbonyl (C=O) groups excluding carboxylic acids is 2. The summed E-state index contributed by atoms with van der Waals surface area (Å²) in [5.41, 5.74) is -1.43. The molecule has 47 heavy (non-hydrogen) atoms. The van der Waals surface area contributed by atoms with Crippen LogP contribution in [0.25, 0.3) is 0 Å². The third-order valence-electron chi connectivity index (χ3n) is 15.7. The van der Waals surface area contributed by atoms with E-state index in [0.29, 0.717) is 29.7 Å². The number of ether oxygens (including phenoxy) is 2. The van der Waals surface area contributed by atoms with Gasteiger partial charge in [-0.15, -0.1) is 0 Å². The minimum absolute atomic E-state index is 0.0926. The maximum atomic E-state index is 13.4. The summed E-state index contributed by atoms with van der Waals surface area (Å²) < 4.78 is 12.4. The van der Waals surface area contributed by atoms with E-state index >= 15 is 0 Å². The van der Waals surface area contributed by atoms with Crippen LogP contribution in [0.15, 0.2) is 23.3 Å². The Labute approximate surface area is 283 Å². The summed E-state index contributed by atoms with van der Waals surface area (Å²) in [7, 11) is 0. The summed E-state index contributed by atoms with van der Waals surface area (Å²) in [6.45, 7) is 24.7. The Bertz CT molecular complexity index is 1330. The molecule has 0 radical (unpaired) electrons. The number of allylic oxidation sites excluding steroid dienone is 2. The fourth-order valence-corrected chi connectivity index (χ4v) is 12.1. The number of rotatable bonds is 5. The highest BCUT2D eigenvalue weighted by molar-refractivity contribution is 5.87. The maximum Gasteiger partial charge on any atom is 0.333 e. The number of fused-ring (bicyclic) bond motifs is 7. The summed E-state index contributed by atoms with van der Waals surface area (Å²) in [6, 6.07) is 0. The molecule has 0 aromatic heterocycles. The fraction of sp³-hybridized carbons (Fsp3) is 0.850. The lowest BCUT2D eigenvalue weighted by molar-refractivity contribution is -0.292. The van der Waals surface area contributed by atoms with Gasteiger partial charge in [-0.3, -0.25) is 4.79 Å². The first-order valence-electron chi connectivity index (χ1n) is 18.3. The molecule has 5 aliphatic rings. The van der Waals surface area contributed by atoms with Gasteiger partial charge in [0.25, 0.3) is 0 Å². The zero-order chi connectivity index (χ0) is 35.3. The van der Waals surface area contributed by atoms with Crippen molar-refractivity contribution in [3.8, 4) is 0 Å². The highest BCUT2D eigenvalue weighted by atomic mass is 16.6. The number of esters is 2. The average molecular weight is 657 g/mol. The van der Waals surface area contributed by atoms with Crippen molar-refractivity contribution in [3.63, 3.8) is 0 Å². The first kappa shape index (κ1) is 36.6. The monoisotopic (exact) mass is 656 g/mol. The van der Waals surface area contributed by atoms with Crippen molar-refractivity contribution in [1.29, 1.82) is 0 Å². The van der Waals surface area contributed by atoms with Gasteiger partial charge in [0.05, 0.1) is 30.1 Å². The minimum Gasteiger partial charge on any atom is -0.457 e. The Morgan fingerprint density at radius 3 is 2.17 bits per heavy atom. The number of aliphatic hydroxyl groups excluding tert-OH is 3. The van der Waals surface area contributed by atoms with Gasteiger partial charge in [0.1, 0.15) is 6.10 Å². The van der Waals surface area contributed by atoms with E-state index in [0.717, 1.165) is 31.3 Å². The van der Waals surface area contributed by atoms with Crippen LogP contribution in [0.2, 0.25) is 0 Å². The highest BCUT2D eigenvalue weighted by Gasteiger charge is 2.76. The van der Waals surface area contributed by atoms with E-state index in [9.17, 15) is 24.9 Å². The van der Waals surface area contributed by atoms with Crippen LogP contribution in [0.5, 0.6) is 0 Å². The molecule has 7 heteroatoms. The summed E-state index contributed by atoms with van der Waals surface area (Å²) in [4.78, 5) is 26.6. The van der Waals surface area contributed by atoms with E-state index in [1.807, 2.05) is 13.8 Å². The third kappa shape index (κ3) is 4.82. The second-order valence-electron chi connectivity index (χ2n) is 18.6. The Balaban J connectivity index is 1.68. The Hall–Kier alpha value is -1.70. The predicted molar refractivity (Wildman–Crippen MR) is 183 cm³/mol. The van der Waals surface area contributed by atoms with Crippen LogP contribution in [-0.2, 0) is 19.1 Å². The molecule has 0 amide bonds. The minimum atomic E-state index is -1.47. The molecular formula is C40H64O7. The summed E-state index contributed by atoms with van der Waals surface area (Å²) in [6.07, 6.45) is 4.97. The van der Waals surface area contributed by atoms with Gasteiger partial charge in [-0.25, -0.2) is 4.79 Å². The second-order valence-corrected chi connectivity index (χ2v) is 18.6. The molecule has 0 aromatic rings. The standard InChI is InChI=1S/C40H64O7/c1-13-23(4)34(45)46-31-32(47-33(44)22(2)3)40(21-41)26(20-35(31,6)7)25-14-15-28-37(10)18-16-24(5)36(8,9)27(37)17-19-38(28,11)39(25,12)29(42)30(40)43/h13-14,22,24,26-32,41-43H,15-21H2,1-12H3/b23-13-/t24-,26?,27?,28?,29-,30+,31-,32-,37-,38+,39-,40-/m0/s1. The van der Waals surface area contributed by atoms with Crippen LogP contribution < -0.4 is 0 Å². The first-order valence-corrected chi connectivity index (χ1v) is 18.3. The van der Waals surface area contributed by atoms with Crippen molar-refractivity contribution >= 4 is 11.9 Å². The van der Waals surface area contributed by atoms with Crippen molar-refractivity contribution in [2.45, 2.75) is 146 Å². The average Bonchev–Trinajstić information content (AvgIpc) is 2.99. The Morgan fingerprint density at radius 2 is 1.60 bits per heavy atom. The van der Waals surface area contributed by atoms with E-state index in [1.54, 1.807) is 33.8 Å². The summed E-state index contributed by atoms with van der Waals surface area (Å²) in [5, 5.41) is 36.7. The Kier molecular flexibility index (Phi) is 9.10. The number of hydrogen-bond acceptors (Lipinski definition) is 7. The molecule has 3 unspecified atom stereocenters. The van der Waals surface area contributed by atoms with E-state index < -0.39 is 71.0 Å². The van der Waals surface area contributed by atoms with Crippen molar-refractivity contribution in [1.82, 2.24) is 0 Å². The molecule has 0 saturated heterocycles. The first-order chi connectivity index (χ1) is 21.6. The molecular weight excluding hydrogens is 592 g/mol. The van der Waals surface area contributed by atoms with E-state index in [-0.39, 0.29) is 16.2 Å². The zero-order valence-corrected chi connectivity index (χ0v) is 31.3. The number of hydrogen-bond donors (Lipinski definition) is 3. The molecule has 0 aliphatic heterocycles. The summed E-state index contributed by atoms with van der Waals surface area (Å²) >= 11 is 0. The lowest BCUT2D eigenvalue weighted by Gasteiger charge is -2.73. The van der Waals surface area contributed by atoms with Crippen molar-refractivity contribution < 1.29 is 34.4 Å². The lowest BCUT2D eigenvalue weighted by atomic mass is 9.32. The molecule has 4 saturated carbocycles. The van der Waals surface area contributed by atoms with Crippen LogP contribution in [0, 0.1) is 62.1 Å². The fourth-order valence-electron chi connectivity index (χ4n) is 12.1. The molecule has 0 heterocycles. The smallest absolute Gasteiger partial charge is 0.333 e. The third-order valence-corrected chi connectivity index (χ3v) is 15.7. The van der Waals surface area contributed by atoms with Crippen LogP contribution in [0.3, 0.4) is 0 Å². The molecule has 7 nitrogen and oxygen atoms in total. The quantitative estimate of drug-likeness (QED) is 0.166. The van der Waals surface area contributed by atoms with Crippen molar-refractivity contribution in [3.05, 3.63) is 23.3 Å². The number of carbonyl (C=O) groups is 2. The largest absolute Gasteiger partial charge is 0.457 e. The van der Waals surface area contributed by atoms with E-state index in [4.69, 9.17) is 9.47 Å². The Morgan fingerprint density at radius 1 is 0.957 bits per heavy atom. The van der Waals surface area contributed by atoms with Crippen LogP contribution in [0.4, 0.5) is 0 Å². The molecule has 0 spiro atoms. The van der Waals surface area contributed by atoms with E-state index in [2.05, 4.69) is 47.6 Å². The topological polar surface area (TPSA) is 113 Å². The van der Waals surface area contributed by atoms with Gasteiger partial charge in [0, 0.05) is 16.4 Å². The lowest BCUT2D eigenvalue weighted by Crippen LogP contribution is -2.76. The van der Waals surface area contributed by atoms with Gasteiger partial charge in [0.2, 0.25) is 0 Å². The predicted octanol–water partition coefficient (Wildman–Crippen LogP) is 7.02. The van der Waals surface area contributed by atoms with Gasteiger partial charge in [-0.1, -0.05) is 87.0 Å². The maximum absolute atomic E-state index is 13.4. The molecule has 0 bridgehead atoms. The highest BCUT2D eigenvalue weighted by Crippen LogP contribution is 2.76. The van der Waals surface area contributed by atoms with Gasteiger partial charge in [-0.2, -0.15) is 0 Å². The molecule has 266 valence electrons. The molecule has 0 aromatic carbocycles. The van der Waals surface area contributed by atoms with Gasteiger partial charge >= 0.3 is 11.9 Å². The zero-order valence-electron chi connectivity index (χ0n) is 31.3.